The summed E-state index contributed by atoms with van der Waals surface area (Å²) in [6, 6.07) is -0.634. The maximum atomic E-state index is 10.6. The predicted molar refractivity (Wildman–Crippen MR) is 170 cm³/mol. The van der Waals surface area contributed by atoms with Crippen molar-refractivity contribution < 1.29 is 34.8 Å². The number of nitrogens with one attached hydrogen (secondary N) is 3. The summed E-state index contributed by atoms with van der Waals surface area (Å²) in [6.07, 6.45) is 5.06. The maximum absolute atomic E-state index is 10.6. The third-order valence-corrected chi connectivity index (χ3v) is 8.67. The van der Waals surface area contributed by atoms with E-state index < -0.39 is 23.4 Å². The topological polar surface area (TPSA) is 230 Å². The van der Waals surface area contributed by atoms with Crippen molar-refractivity contribution in [2.24, 2.45) is 17.4 Å². The van der Waals surface area contributed by atoms with Crippen molar-refractivity contribution in [3.8, 4) is 0 Å². The van der Waals surface area contributed by atoms with Crippen LogP contribution >= 0.6 is 0 Å². The highest BCUT2D eigenvalue weighted by molar-refractivity contribution is 5.78. The number of hydrogen-bond donors (Lipinski definition) is 9. The fourth-order valence-electron chi connectivity index (χ4n) is 5.23. The Bertz CT molecular complexity index is 895. The van der Waals surface area contributed by atoms with Crippen LogP contribution in [-0.2, 0) is 14.4 Å². The van der Waals surface area contributed by atoms with Crippen molar-refractivity contribution in [2.45, 2.75) is 68.2 Å². The number of aliphatic hydroxyl groups excluding tert-OH is 1. The van der Waals surface area contributed by atoms with Crippen LogP contribution < -0.4 is 27.4 Å². The van der Waals surface area contributed by atoms with E-state index in [1.165, 1.54) is 12.8 Å². The molecule has 0 aromatic carbocycles. The van der Waals surface area contributed by atoms with E-state index in [4.69, 9.17) is 31.9 Å². The average Bonchev–Trinajstić information content (AvgIpc) is 3.47. The minimum Gasteiger partial charge on any atom is -0.511 e. The standard InChI is InChI=1S/C10H20N2O.C7H14N2O2.2C6H12N2O2/c1-8(13)10(11)7-9-3-5-12(2)6-4-9;1-9-4-2-7(8,3-5-9)6(10)11;1-7-4-2-5(6(9)10)8-3-4;1-8-3-2-7-5(4-8)6(9)10/h9-10,13H,1,3-7,11H2,2H3;2-5,8H2,1H3,(H,10,11);4-5,7-8H,2-3H2,1H3,(H,9,10);5,7H,2-4H2,1H3,(H,9,10). The van der Waals surface area contributed by atoms with Crippen molar-refractivity contribution in [3.63, 3.8) is 0 Å². The normalized spacial score (nSPS) is 26.8. The molecular weight excluding hydrogens is 572 g/mol. The van der Waals surface area contributed by atoms with Crippen LogP contribution in [0.15, 0.2) is 12.3 Å². The number of aliphatic carboxylic acids is 3. The highest BCUT2D eigenvalue weighted by Gasteiger charge is 2.36. The van der Waals surface area contributed by atoms with Gasteiger partial charge in [0, 0.05) is 45.3 Å². The smallest absolute Gasteiger partial charge is 0.323 e. The molecule has 4 atom stereocenters. The lowest BCUT2D eigenvalue weighted by Gasteiger charge is -2.33. The highest BCUT2D eigenvalue weighted by Crippen LogP contribution is 2.21. The Hall–Kier alpha value is -2.37. The van der Waals surface area contributed by atoms with E-state index in [1.54, 1.807) is 0 Å². The summed E-state index contributed by atoms with van der Waals surface area (Å²) in [6.45, 7) is 10.4. The lowest BCUT2D eigenvalue weighted by Crippen LogP contribution is -2.54. The molecule has 0 spiro atoms. The number of piperidine rings is 2. The van der Waals surface area contributed by atoms with Crippen LogP contribution in [0.25, 0.3) is 0 Å². The van der Waals surface area contributed by atoms with Gasteiger partial charge in [-0.05, 0) is 85.7 Å². The van der Waals surface area contributed by atoms with E-state index in [9.17, 15) is 14.4 Å². The number of nitrogens with two attached hydrogens (primary N) is 2. The van der Waals surface area contributed by atoms with Crippen molar-refractivity contribution in [1.82, 2.24) is 30.7 Å². The lowest BCUT2D eigenvalue weighted by molar-refractivity contribution is -0.145. The van der Waals surface area contributed by atoms with Crippen LogP contribution in [0.3, 0.4) is 0 Å². The van der Waals surface area contributed by atoms with Gasteiger partial charge < -0.3 is 62.5 Å². The van der Waals surface area contributed by atoms with Crippen molar-refractivity contribution in [2.75, 3.05) is 80.5 Å². The molecule has 4 rings (SSSR count). The van der Waals surface area contributed by atoms with Crippen LogP contribution in [0.1, 0.15) is 38.5 Å². The summed E-state index contributed by atoms with van der Waals surface area (Å²) in [5.41, 5.74) is 10.4. The third-order valence-electron chi connectivity index (χ3n) is 8.67. The lowest BCUT2D eigenvalue weighted by atomic mass is 9.89. The van der Waals surface area contributed by atoms with E-state index >= 15 is 0 Å². The number of nitrogens with zero attached hydrogens (tertiary/aromatic N) is 3. The number of hydrogen-bond acceptors (Lipinski definition) is 12. The number of likely N-dealkylation sites (N-methyl/N-ethyl adjacent to an activating group) is 2. The van der Waals surface area contributed by atoms with Gasteiger partial charge in [0.1, 0.15) is 23.4 Å². The van der Waals surface area contributed by atoms with Gasteiger partial charge in [-0.15, -0.1) is 0 Å². The first-order valence-corrected chi connectivity index (χ1v) is 15.4. The Morgan fingerprint density at radius 1 is 0.909 bits per heavy atom. The quantitative estimate of drug-likeness (QED) is 0.147. The summed E-state index contributed by atoms with van der Waals surface area (Å²) >= 11 is 0. The predicted octanol–water partition coefficient (Wildman–Crippen LogP) is -1.39. The largest absolute Gasteiger partial charge is 0.511 e. The van der Waals surface area contributed by atoms with E-state index in [1.807, 2.05) is 26.0 Å². The van der Waals surface area contributed by atoms with Gasteiger partial charge in [0.05, 0.1) is 6.04 Å². The van der Waals surface area contributed by atoms with Crippen LogP contribution in [0, 0.1) is 5.92 Å². The minimum absolute atomic E-state index is 0.124. The van der Waals surface area contributed by atoms with E-state index in [0.29, 0.717) is 37.8 Å². The molecular formula is C29H58N8O7. The minimum atomic E-state index is -0.966. The number of rotatable bonds is 7. The number of carboxylic acids is 3. The van der Waals surface area contributed by atoms with Gasteiger partial charge in [0.15, 0.2) is 0 Å². The second kappa shape index (κ2) is 19.9. The van der Waals surface area contributed by atoms with Crippen molar-refractivity contribution in [3.05, 3.63) is 12.3 Å². The fraction of sp³-hybridized carbons (Fsp3) is 0.828. The van der Waals surface area contributed by atoms with Gasteiger partial charge in [0.2, 0.25) is 0 Å². The van der Waals surface area contributed by atoms with Gasteiger partial charge in [-0.25, -0.2) is 0 Å². The van der Waals surface area contributed by atoms with Crippen LogP contribution in [0.2, 0.25) is 0 Å². The van der Waals surface area contributed by atoms with Gasteiger partial charge in [-0.3, -0.25) is 14.4 Å². The summed E-state index contributed by atoms with van der Waals surface area (Å²) in [7, 11) is 7.88. The summed E-state index contributed by atoms with van der Waals surface area (Å²) in [5, 5.41) is 43.7. The zero-order valence-electron chi connectivity index (χ0n) is 27.0. The van der Waals surface area contributed by atoms with Gasteiger partial charge >= 0.3 is 17.9 Å². The van der Waals surface area contributed by atoms with Crippen molar-refractivity contribution >= 4 is 17.9 Å². The number of likely N-dealkylation sites (tertiary alicyclic amines) is 2. The molecule has 4 aliphatic heterocycles. The Labute approximate surface area is 262 Å². The van der Waals surface area contributed by atoms with E-state index in [2.05, 4.69) is 39.4 Å². The molecule has 0 saturated carbocycles. The molecule has 0 aliphatic carbocycles. The number of carboxylic acid groups (broad SMARTS) is 3. The van der Waals surface area contributed by atoms with E-state index in [0.717, 1.165) is 52.2 Å². The molecule has 4 heterocycles. The molecule has 4 fully saturated rings. The summed E-state index contributed by atoms with van der Waals surface area (Å²) < 4.78 is 0. The Morgan fingerprint density at radius 3 is 1.84 bits per heavy atom. The molecule has 0 aromatic rings. The summed E-state index contributed by atoms with van der Waals surface area (Å²) in [5.74, 6) is -1.59. The second-order valence-corrected chi connectivity index (χ2v) is 12.5. The number of piperazine rings is 1. The Morgan fingerprint density at radius 2 is 1.45 bits per heavy atom. The third kappa shape index (κ3) is 15.1. The molecule has 0 amide bonds. The molecule has 4 saturated heterocycles. The van der Waals surface area contributed by atoms with Gasteiger partial charge in [-0.2, -0.15) is 0 Å². The highest BCUT2D eigenvalue weighted by atomic mass is 16.4. The van der Waals surface area contributed by atoms with Crippen LogP contribution in [0.4, 0.5) is 0 Å². The number of carbonyl (C=O) groups is 3. The first-order valence-electron chi connectivity index (χ1n) is 15.4. The SMILES string of the molecule is C=C(O)C(N)CC1CCN(C)CC1.CN1CCC(N)(C(=O)O)CC1.CN1CCNC(C(=O)O)C1.CNC1CNC(C(=O)O)C1. The van der Waals surface area contributed by atoms with E-state index in [-0.39, 0.29) is 23.9 Å². The molecule has 0 bridgehead atoms. The first-order chi connectivity index (χ1) is 20.6. The molecule has 4 aliphatic rings. The van der Waals surface area contributed by atoms with Crippen molar-refractivity contribution in [1.29, 1.82) is 0 Å². The van der Waals surface area contributed by atoms with Gasteiger partial charge in [0.25, 0.3) is 0 Å². The molecule has 0 radical (unpaired) electrons. The average molecular weight is 631 g/mol. The molecule has 4 unspecified atom stereocenters. The zero-order valence-corrected chi connectivity index (χ0v) is 27.0. The molecule has 11 N–H and O–H groups in total. The van der Waals surface area contributed by atoms with Crippen LogP contribution in [0.5, 0.6) is 0 Å². The molecule has 15 nitrogen and oxygen atoms in total. The van der Waals surface area contributed by atoms with Crippen LogP contribution in [-0.4, -0.2) is 163 Å². The summed E-state index contributed by atoms with van der Waals surface area (Å²) in [4.78, 5) is 37.9. The Balaban J connectivity index is 0.000000295. The Kier molecular flexibility index (Phi) is 17.9. The molecule has 256 valence electrons. The second-order valence-electron chi connectivity index (χ2n) is 12.5. The molecule has 44 heavy (non-hydrogen) atoms. The number of aliphatic hydroxyl groups is 1. The molecule has 0 aromatic heterocycles. The zero-order chi connectivity index (χ0) is 33.4. The first kappa shape index (κ1) is 39.7. The van der Waals surface area contributed by atoms with Gasteiger partial charge in [-0.1, -0.05) is 6.58 Å². The fourth-order valence-corrected chi connectivity index (χ4v) is 5.23. The maximum Gasteiger partial charge on any atom is 0.323 e. The molecule has 15 heteroatoms. The monoisotopic (exact) mass is 630 g/mol.